The van der Waals surface area contributed by atoms with Gasteiger partial charge in [0.15, 0.2) is 5.89 Å². The summed E-state index contributed by atoms with van der Waals surface area (Å²) in [5.41, 5.74) is 1.10. The van der Waals surface area contributed by atoms with Crippen LogP contribution in [0.3, 0.4) is 0 Å². The second kappa shape index (κ2) is 6.72. The summed E-state index contributed by atoms with van der Waals surface area (Å²) in [7, 11) is 0. The highest BCUT2D eigenvalue weighted by atomic mass is 35.5. The lowest BCUT2D eigenvalue weighted by molar-refractivity contribution is -0.119. The summed E-state index contributed by atoms with van der Waals surface area (Å²) in [4.78, 5) is 16.9. The molecular formula is C15H16ClFN2O2. The Kier molecular flexibility index (Phi) is 4.96. The number of aryl methyl sites for hydroxylation is 2. The lowest BCUT2D eigenvalue weighted by Crippen LogP contribution is -2.21. The van der Waals surface area contributed by atoms with Crippen LogP contribution >= 0.6 is 11.6 Å². The molecule has 1 aromatic heterocycles. The van der Waals surface area contributed by atoms with Gasteiger partial charge in [0.05, 0.1) is 17.3 Å². The van der Waals surface area contributed by atoms with Gasteiger partial charge in [0.25, 0.3) is 0 Å². The summed E-state index contributed by atoms with van der Waals surface area (Å²) in [6.07, 6.45) is 1.35. The first-order valence-corrected chi connectivity index (χ1v) is 7.00. The molecule has 1 heterocycles. The van der Waals surface area contributed by atoms with E-state index in [-0.39, 0.29) is 18.1 Å². The monoisotopic (exact) mass is 310 g/mol. The van der Waals surface area contributed by atoms with Crippen LogP contribution in [0, 0.1) is 12.7 Å². The van der Waals surface area contributed by atoms with Gasteiger partial charge in [-0.05, 0) is 13.0 Å². The number of nitrogens with zero attached hydrogens (tertiary/aromatic N) is 2. The fourth-order valence-corrected chi connectivity index (χ4v) is 2.18. The first kappa shape index (κ1) is 15.5. The topological polar surface area (TPSA) is 46.3 Å². The molecular weight excluding hydrogens is 295 g/mol. The number of oxazole rings is 1. The quantitative estimate of drug-likeness (QED) is 0.767. The van der Waals surface area contributed by atoms with E-state index in [2.05, 4.69) is 4.98 Å². The van der Waals surface area contributed by atoms with Gasteiger partial charge in [-0.3, -0.25) is 4.79 Å². The molecule has 0 bridgehead atoms. The molecule has 0 aliphatic carbocycles. The second-order valence-electron chi connectivity index (χ2n) is 4.69. The van der Waals surface area contributed by atoms with Gasteiger partial charge in [-0.25, -0.2) is 9.37 Å². The molecule has 0 N–H and O–H groups in total. The number of halogens is 2. The van der Waals surface area contributed by atoms with E-state index in [1.165, 1.54) is 11.0 Å². The van der Waals surface area contributed by atoms with Gasteiger partial charge in [-0.15, -0.1) is 0 Å². The molecule has 0 aliphatic rings. The zero-order valence-corrected chi connectivity index (χ0v) is 12.7. The Balaban J connectivity index is 2.15. The third-order valence-corrected chi connectivity index (χ3v) is 3.43. The Morgan fingerprint density at radius 3 is 2.81 bits per heavy atom. The van der Waals surface area contributed by atoms with Crippen molar-refractivity contribution in [2.24, 2.45) is 0 Å². The van der Waals surface area contributed by atoms with Crippen molar-refractivity contribution in [2.75, 3.05) is 0 Å². The maximum atomic E-state index is 13.9. The van der Waals surface area contributed by atoms with E-state index in [9.17, 15) is 9.18 Å². The van der Waals surface area contributed by atoms with Crippen LogP contribution in [0.2, 0.25) is 5.02 Å². The minimum atomic E-state index is -0.505. The molecule has 1 amide bonds. The Morgan fingerprint density at radius 2 is 2.19 bits per heavy atom. The molecule has 0 aliphatic heterocycles. The molecule has 0 radical (unpaired) electrons. The van der Waals surface area contributed by atoms with Gasteiger partial charge in [-0.2, -0.15) is 0 Å². The molecule has 4 nitrogen and oxygen atoms in total. The summed E-state index contributed by atoms with van der Waals surface area (Å²) < 4.78 is 19.4. The van der Waals surface area contributed by atoms with Crippen LogP contribution in [0.15, 0.2) is 22.6 Å². The normalized spacial score (nSPS) is 10.7. The van der Waals surface area contributed by atoms with Crippen molar-refractivity contribution in [3.05, 3.63) is 51.9 Å². The predicted molar refractivity (Wildman–Crippen MR) is 77.3 cm³/mol. The van der Waals surface area contributed by atoms with Crippen LogP contribution < -0.4 is 0 Å². The van der Waals surface area contributed by atoms with E-state index in [0.29, 0.717) is 30.0 Å². The van der Waals surface area contributed by atoms with Crippen molar-refractivity contribution < 1.29 is 13.6 Å². The first-order chi connectivity index (χ1) is 10.0. The van der Waals surface area contributed by atoms with E-state index in [0.717, 1.165) is 5.69 Å². The van der Waals surface area contributed by atoms with Crippen molar-refractivity contribution in [1.82, 2.24) is 9.88 Å². The summed E-state index contributed by atoms with van der Waals surface area (Å²) in [6, 6.07) is 4.72. The molecule has 2 aromatic rings. The van der Waals surface area contributed by atoms with E-state index < -0.39 is 5.82 Å². The minimum absolute atomic E-state index is 0.0439. The fraction of sp³-hybridized carbons (Fsp3) is 0.333. The zero-order valence-electron chi connectivity index (χ0n) is 11.9. The molecule has 0 spiro atoms. The standard InChI is InChI=1S/C15H16ClFN2O2/c1-3-14-18-10(2)13(21-14)8-19(9-20)7-11-5-4-6-12(16)15(11)17/h4-6,9H,3,7-8H2,1-2H3. The fourth-order valence-electron chi connectivity index (χ4n) is 1.99. The summed E-state index contributed by atoms with van der Waals surface area (Å²) in [6.45, 7) is 4.13. The predicted octanol–water partition coefficient (Wildman–Crippen LogP) is 3.50. The lowest BCUT2D eigenvalue weighted by atomic mass is 10.2. The number of aromatic nitrogens is 1. The van der Waals surface area contributed by atoms with Crippen molar-refractivity contribution in [2.45, 2.75) is 33.4 Å². The second-order valence-corrected chi connectivity index (χ2v) is 5.10. The van der Waals surface area contributed by atoms with Crippen LogP contribution in [0.4, 0.5) is 4.39 Å². The molecule has 0 unspecified atom stereocenters. The first-order valence-electron chi connectivity index (χ1n) is 6.62. The largest absolute Gasteiger partial charge is 0.444 e. The van der Waals surface area contributed by atoms with Crippen molar-refractivity contribution in [3.63, 3.8) is 0 Å². The molecule has 2 rings (SSSR count). The Hall–Kier alpha value is -1.88. The van der Waals surface area contributed by atoms with Crippen LogP contribution in [-0.2, 0) is 24.3 Å². The van der Waals surface area contributed by atoms with Crippen LogP contribution in [0.1, 0.15) is 29.8 Å². The van der Waals surface area contributed by atoms with Crippen molar-refractivity contribution >= 4 is 18.0 Å². The molecule has 21 heavy (non-hydrogen) atoms. The number of rotatable bonds is 6. The van der Waals surface area contributed by atoms with Gasteiger partial charge in [0, 0.05) is 18.5 Å². The maximum Gasteiger partial charge on any atom is 0.210 e. The summed E-state index contributed by atoms with van der Waals surface area (Å²) in [5.74, 6) is 0.734. The van der Waals surface area contributed by atoms with Gasteiger partial charge in [0.1, 0.15) is 11.6 Å². The number of hydrogen-bond donors (Lipinski definition) is 0. The lowest BCUT2D eigenvalue weighted by Gasteiger charge is -2.17. The Labute approximate surface area is 127 Å². The van der Waals surface area contributed by atoms with Crippen molar-refractivity contribution in [1.29, 1.82) is 0 Å². The average molecular weight is 311 g/mol. The van der Waals surface area contributed by atoms with Gasteiger partial charge in [0.2, 0.25) is 6.41 Å². The van der Waals surface area contributed by atoms with Gasteiger partial charge in [-0.1, -0.05) is 30.7 Å². The molecule has 6 heteroatoms. The molecule has 1 aromatic carbocycles. The highest BCUT2D eigenvalue weighted by Gasteiger charge is 2.15. The minimum Gasteiger partial charge on any atom is -0.444 e. The summed E-state index contributed by atoms with van der Waals surface area (Å²) in [5, 5.41) is 0.0439. The highest BCUT2D eigenvalue weighted by Crippen LogP contribution is 2.20. The molecule has 112 valence electrons. The van der Waals surface area contributed by atoms with E-state index in [1.807, 2.05) is 13.8 Å². The number of amides is 1. The van der Waals surface area contributed by atoms with E-state index in [4.69, 9.17) is 16.0 Å². The average Bonchev–Trinajstić information content (AvgIpc) is 2.83. The third kappa shape index (κ3) is 3.61. The zero-order chi connectivity index (χ0) is 15.4. The molecule has 0 saturated carbocycles. The summed E-state index contributed by atoms with van der Waals surface area (Å²) >= 11 is 5.74. The number of benzene rings is 1. The van der Waals surface area contributed by atoms with E-state index in [1.54, 1.807) is 12.1 Å². The van der Waals surface area contributed by atoms with Crippen LogP contribution in [-0.4, -0.2) is 16.3 Å². The van der Waals surface area contributed by atoms with Crippen molar-refractivity contribution in [3.8, 4) is 0 Å². The number of carbonyl (C=O) groups is 1. The Morgan fingerprint density at radius 1 is 1.43 bits per heavy atom. The number of carbonyl (C=O) groups excluding carboxylic acids is 1. The molecule has 0 atom stereocenters. The maximum absolute atomic E-state index is 13.9. The highest BCUT2D eigenvalue weighted by molar-refractivity contribution is 6.30. The van der Waals surface area contributed by atoms with Gasteiger partial charge >= 0.3 is 0 Å². The SMILES string of the molecule is CCc1nc(C)c(CN(C=O)Cc2cccc(Cl)c2F)o1. The van der Waals surface area contributed by atoms with E-state index >= 15 is 0 Å². The Bertz CT molecular complexity index is 643. The smallest absolute Gasteiger partial charge is 0.210 e. The number of hydrogen-bond acceptors (Lipinski definition) is 3. The third-order valence-electron chi connectivity index (χ3n) is 3.14. The molecule has 0 saturated heterocycles. The van der Waals surface area contributed by atoms with Crippen LogP contribution in [0.25, 0.3) is 0 Å². The van der Waals surface area contributed by atoms with Crippen LogP contribution in [0.5, 0.6) is 0 Å². The molecule has 0 fully saturated rings. The van der Waals surface area contributed by atoms with Gasteiger partial charge < -0.3 is 9.32 Å².